The van der Waals surface area contributed by atoms with Gasteiger partial charge in [-0.25, -0.2) is 0 Å². The van der Waals surface area contributed by atoms with E-state index in [0.29, 0.717) is 6.54 Å². The zero-order valence-electron chi connectivity index (χ0n) is 7.47. The Kier molecular flexibility index (Phi) is 3.09. The maximum Gasteiger partial charge on any atom is 0.244 e. The summed E-state index contributed by atoms with van der Waals surface area (Å²) < 4.78 is 1.56. The van der Waals surface area contributed by atoms with Gasteiger partial charge < -0.3 is 4.90 Å². The molecule has 0 atom stereocenters. The maximum atomic E-state index is 11.4. The molecule has 1 aromatic rings. The number of hydrogen-bond acceptors (Lipinski definition) is 2. The molecule has 0 spiro atoms. The van der Waals surface area contributed by atoms with Crippen LogP contribution in [0.3, 0.4) is 0 Å². The largest absolute Gasteiger partial charge is 0.333 e. The van der Waals surface area contributed by atoms with Gasteiger partial charge in [0.05, 0.1) is 6.54 Å². The average Bonchev–Trinajstić information content (AvgIpc) is 2.57. The fourth-order valence-corrected chi connectivity index (χ4v) is 0.878. The second kappa shape index (κ2) is 4.31. The minimum absolute atomic E-state index is 0.0401. The van der Waals surface area contributed by atoms with E-state index in [1.54, 1.807) is 30.2 Å². The molecule has 0 unspecified atom stereocenters. The summed E-state index contributed by atoms with van der Waals surface area (Å²) in [5.41, 5.74) is 0. The lowest BCUT2D eigenvalue weighted by Crippen LogP contribution is -2.30. The number of carbonyl (C=O) groups excluding carboxylic acids is 1. The van der Waals surface area contributed by atoms with Crippen LogP contribution < -0.4 is 0 Å². The van der Waals surface area contributed by atoms with Gasteiger partial charge in [0.15, 0.2) is 0 Å². The van der Waals surface area contributed by atoms with E-state index in [-0.39, 0.29) is 12.5 Å². The molecular formula is C9H11N3O. The molecule has 1 rings (SSSR count). The molecule has 0 fully saturated rings. The zero-order chi connectivity index (χ0) is 9.68. The highest BCUT2D eigenvalue weighted by molar-refractivity contribution is 5.75. The van der Waals surface area contributed by atoms with E-state index < -0.39 is 0 Å². The van der Waals surface area contributed by atoms with Gasteiger partial charge in [-0.15, -0.1) is 6.42 Å². The van der Waals surface area contributed by atoms with E-state index in [4.69, 9.17) is 6.42 Å². The Morgan fingerprint density at radius 2 is 2.54 bits per heavy atom. The van der Waals surface area contributed by atoms with E-state index in [2.05, 4.69) is 11.0 Å². The summed E-state index contributed by atoms with van der Waals surface area (Å²) in [7, 11) is 1.67. The summed E-state index contributed by atoms with van der Waals surface area (Å²) in [6.07, 6.45) is 8.45. The van der Waals surface area contributed by atoms with Crippen molar-refractivity contribution in [3.63, 3.8) is 0 Å². The Morgan fingerprint density at radius 1 is 1.77 bits per heavy atom. The molecule has 68 valence electrons. The van der Waals surface area contributed by atoms with Crippen LogP contribution in [0, 0.1) is 12.3 Å². The molecule has 1 heterocycles. The third-order valence-electron chi connectivity index (χ3n) is 1.61. The molecule has 0 N–H and O–H groups in total. The van der Waals surface area contributed by atoms with Crippen LogP contribution in [-0.4, -0.2) is 34.2 Å². The van der Waals surface area contributed by atoms with Gasteiger partial charge in [0, 0.05) is 19.4 Å². The van der Waals surface area contributed by atoms with Crippen molar-refractivity contribution in [2.24, 2.45) is 0 Å². The lowest BCUT2D eigenvalue weighted by Gasteiger charge is -2.13. The number of hydrogen-bond donors (Lipinski definition) is 0. The Balaban J connectivity index is 2.47. The van der Waals surface area contributed by atoms with Crippen LogP contribution in [0.15, 0.2) is 18.5 Å². The van der Waals surface area contributed by atoms with E-state index in [1.807, 2.05) is 0 Å². The minimum atomic E-state index is -0.0401. The summed E-state index contributed by atoms with van der Waals surface area (Å²) in [5.74, 6) is 2.36. The van der Waals surface area contributed by atoms with E-state index in [1.165, 1.54) is 4.90 Å². The van der Waals surface area contributed by atoms with Crippen LogP contribution in [-0.2, 0) is 11.3 Å². The fourth-order valence-electron chi connectivity index (χ4n) is 0.878. The predicted octanol–water partition coefficient (Wildman–Crippen LogP) is -0.0253. The van der Waals surface area contributed by atoms with Gasteiger partial charge in [-0.1, -0.05) is 5.92 Å². The third kappa shape index (κ3) is 2.64. The zero-order valence-corrected chi connectivity index (χ0v) is 7.47. The topological polar surface area (TPSA) is 38.1 Å². The van der Waals surface area contributed by atoms with Crippen molar-refractivity contribution in [2.75, 3.05) is 13.6 Å². The van der Waals surface area contributed by atoms with Crippen LogP contribution in [0.5, 0.6) is 0 Å². The van der Waals surface area contributed by atoms with Crippen LogP contribution >= 0.6 is 0 Å². The molecule has 0 aliphatic rings. The van der Waals surface area contributed by atoms with Crippen molar-refractivity contribution in [1.29, 1.82) is 0 Å². The van der Waals surface area contributed by atoms with Crippen LogP contribution in [0.25, 0.3) is 0 Å². The molecular weight excluding hydrogens is 166 g/mol. The summed E-state index contributed by atoms with van der Waals surface area (Å²) in [6.45, 7) is 0.575. The molecule has 0 saturated carbocycles. The van der Waals surface area contributed by atoms with Gasteiger partial charge >= 0.3 is 0 Å². The summed E-state index contributed by atoms with van der Waals surface area (Å²) in [4.78, 5) is 12.9. The first-order valence-electron chi connectivity index (χ1n) is 3.89. The van der Waals surface area contributed by atoms with E-state index in [9.17, 15) is 4.79 Å². The molecule has 0 bridgehead atoms. The first kappa shape index (κ1) is 9.33. The van der Waals surface area contributed by atoms with Crippen LogP contribution in [0.1, 0.15) is 0 Å². The second-order valence-electron chi connectivity index (χ2n) is 2.66. The molecule has 0 saturated heterocycles. The Morgan fingerprint density at radius 3 is 3.08 bits per heavy atom. The first-order valence-corrected chi connectivity index (χ1v) is 3.89. The number of nitrogens with zero attached hydrogens (tertiary/aromatic N) is 3. The molecule has 13 heavy (non-hydrogen) atoms. The minimum Gasteiger partial charge on any atom is -0.333 e. The molecule has 0 aliphatic heterocycles. The molecule has 1 amide bonds. The van der Waals surface area contributed by atoms with Gasteiger partial charge in [0.25, 0.3) is 0 Å². The summed E-state index contributed by atoms with van der Waals surface area (Å²) >= 11 is 0. The van der Waals surface area contributed by atoms with Gasteiger partial charge in [-0.05, 0) is 6.07 Å². The van der Waals surface area contributed by atoms with E-state index >= 15 is 0 Å². The van der Waals surface area contributed by atoms with Crippen LogP contribution in [0.2, 0.25) is 0 Å². The number of terminal acetylenes is 1. The molecule has 4 nitrogen and oxygen atoms in total. The highest BCUT2D eigenvalue weighted by atomic mass is 16.2. The first-order chi connectivity index (χ1) is 6.24. The molecule has 4 heteroatoms. The second-order valence-corrected chi connectivity index (χ2v) is 2.66. The van der Waals surface area contributed by atoms with Gasteiger partial charge in [0.1, 0.15) is 6.54 Å². The standard InChI is InChI=1S/C9H11N3O/c1-3-6-11(2)9(13)8-12-7-4-5-10-12/h1,4-5,7H,6,8H2,2H3. The highest BCUT2D eigenvalue weighted by Crippen LogP contribution is 1.89. The molecule has 0 radical (unpaired) electrons. The summed E-state index contributed by atoms with van der Waals surface area (Å²) in [5, 5.41) is 3.92. The number of rotatable bonds is 3. The summed E-state index contributed by atoms with van der Waals surface area (Å²) in [6, 6.07) is 1.77. The fraction of sp³-hybridized carbons (Fsp3) is 0.333. The Hall–Kier alpha value is -1.76. The van der Waals surface area contributed by atoms with Gasteiger partial charge in [-0.2, -0.15) is 5.10 Å². The SMILES string of the molecule is C#CCN(C)C(=O)Cn1cccn1. The van der Waals surface area contributed by atoms with Crippen molar-refractivity contribution >= 4 is 5.91 Å². The van der Waals surface area contributed by atoms with Crippen molar-refractivity contribution < 1.29 is 4.79 Å². The van der Waals surface area contributed by atoms with Crippen molar-refractivity contribution in [3.8, 4) is 12.3 Å². The Labute approximate surface area is 77.1 Å². The lowest BCUT2D eigenvalue weighted by molar-refractivity contribution is -0.130. The lowest BCUT2D eigenvalue weighted by atomic mass is 10.5. The van der Waals surface area contributed by atoms with Crippen LogP contribution in [0.4, 0.5) is 0 Å². The molecule has 0 aliphatic carbocycles. The van der Waals surface area contributed by atoms with Crippen molar-refractivity contribution in [2.45, 2.75) is 6.54 Å². The van der Waals surface area contributed by atoms with Crippen molar-refractivity contribution in [1.82, 2.24) is 14.7 Å². The predicted molar refractivity (Wildman–Crippen MR) is 48.7 cm³/mol. The monoisotopic (exact) mass is 177 g/mol. The molecule has 1 aromatic heterocycles. The smallest absolute Gasteiger partial charge is 0.244 e. The number of likely N-dealkylation sites (N-methyl/N-ethyl adjacent to an activating group) is 1. The molecule has 0 aromatic carbocycles. The van der Waals surface area contributed by atoms with Crippen molar-refractivity contribution in [3.05, 3.63) is 18.5 Å². The van der Waals surface area contributed by atoms with Gasteiger partial charge in [-0.3, -0.25) is 9.48 Å². The number of amides is 1. The number of aromatic nitrogens is 2. The quantitative estimate of drug-likeness (QED) is 0.608. The third-order valence-corrected chi connectivity index (χ3v) is 1.61. The van der Waals surface area contributed by atoms with E-state index in [0.717, 1.165) is 0 Å². The Bertz CT molecular complexity index is 310. The average molecular weight is 177 g/mol. The maximum absolute atomic E-state index is 11.4. The normalized spacial score (nSPS) is 9.23. The van der Waals surface area contributed by atoms with Gasteiger partial charge in [0.2, 0.25) is 5.91 Å². The highest BCUT2D eigenvalue weighted by Gasteiger charge is 2.07. The number of carbonyl (C=O) groups is 1.